The molecule has 29 heavy (non-hydrogen) atoms. The van der Waals surface area contributed by atoms with Gasteiger partial charge in [0.2, 0.25) is 11.7 Å². The van der Waals surface area contributed by atoms with E-state index in [9.17, 15) is 19.3 Å². The van der Waals surface area contributed by atoms with Crippen LogP contribution in [0.15, 0.2) is 54.0 Å². The molecule has 0 spiro atoms. The number of thiazole rings is 1. The lowest BCUT2D eigenvalue weighted by atomic mass is 10.2. The summed E-state index contributed by atoms with van der Waals surface area (Å²) in [5.41, 5.74) is 1.83. The van der Waals surface area contributed by atoms with Gasteiger partial charge in [-0.15, -0.1) is 11.3 Å². The predicted molar refractivity (Wildman–Crippen MR) is 109 cm³/mol. The molecule has 2 heterocycles. The lowest BCUT2D eigenvalue weighted by Crippen LogP contribution is -2.15. The number of amides is 1. The molecule has 2 aromatic heterocycles. The second-order valence-electron chi connectivity index (χ2n) is 6.16. The van der Waals surface area contributed by atoms with Crippen molar-refractivity contribution >= 4 is 45.2 Å². The van der Waals surface area contributed by atoms with Gasteiger partial charge in [-0.1, -0.05) is 23.7 Å². The van der Waals surface area contributed by atoms with Gasteiger partial charge in [0.25, 0.3) is 0 Å². The maximum Gasteiger partial charge on any atom is 0.306 e. The molecule has 0 bridgehead atoms. The minimum Gasteiger partial charge on any atom is -0.325 e. The van der Waals surface area contributed by atoms with Crippen LogP contribution in [0, 0.1) is 15.9 Å². The molecular weight excluding hydrogens is 419 g/mol. The van der Waals surface area contributed by atoms with Gasteiger partial charge in [0, 0.05) is 39.6 Å². The van der Waals surface area contributed by atoms with Crippen molar-refractivity contribution in [2.75, 3.05) is 5.32 Å². The van der Waals surface area contributed by atoms with Crippen molar-refractivity contribution < 1.29 is 14.1 Å². The van der Waals surface area contributed by atoms with E-state index in [0.717, 1.165) is 28.4 Å². The fourth-order valence-electron chi connectivity index (χ4n) is 2.82. The van der Waals surface area contributed by atoms with Gasteiger partial charge in [0.1, 0.15) is 0 Å². The Morgan fingerprint density at radius 1 is 1.28 bits per heavy atom. The van der Waals surface area contributed by atoms with Gasteiger partial charge in [0.15, 0.2) is 4.96 Å². The Bertz CT molecular complexity index is 1240. The summed E-state index contributed by atoms with van der Waals surface area (Å²) in [7, 11) is 0. The summed E-state index contributed by atoms with van der Waals surface area (Å²) in [6.07, 6.45) is 1.86. The third-order valence-electron chi connectivity index (χ3n) is 4.19. The monoisotopic (exact) mass is 430 g/mol. The van der Waals surface area contributed by atoms with E-state index < -0.39 is 16.4 Å². The summed E-state index contributed by atoms with van der Waals surface area (Å²) in [6, 6.07) is 10.5. The summed E-state index contributed by atoms with van der Waals surface area (Å²) < 4.78 is 15.3. The number of hydrogen-bond acceptors (Lipinski definition) is 5. The van der Waals surface area contributed by atoms with Crippen molar-refractivity contribution in [2.45, 2.75) is 6.42 Å². The van der Waals surface area contributed by atoms with Crippen molar-refractivity contribution in [3.05, 3.63) is 80.7 Å². The Kier molecular flexibility index (Phi) is 4.99. The zero-order valence-electron chi connectivity index (χ0n) is 14.6. The number of fused-ring (bicyclic) bond motifs is 1. The van der Waals surface area contributed by atoms with E-state index in [4.69, 9.17) is 11.6 Å². The van der Waals surface area contributed by atoms with Gasteiger partial charge < -0.3 is 5.32 Å². The number of imidazole rings is 1. The number of rotatable bonds is 5. The van der Waals surface area contributed by atoms with E-state index >= 15 is 0 Å². The zero-order valence-corrected chi connectivity index (χ0v) is 16.2. The smallest absolute Gasteiger partial charge is 0.306 e. The molecular formula is C19H12ClFN4O3S. The van der Waals surface area contributed by atoms with Crippen LogP contribution in [-0.4, -0.2) is 20.2 Å². The number of carbonyl (C=O) groups is 1. The van der Waals surface area contributed by atoms with E-state index in [1.165, 1.54) is 17.4 Å². The molecule has 0 radical (unpaired) electrons. The lowest BCUT2D eigenvalue weighted by molar-refractivity contribution is -0.387. The van der Waals surface area contributed by atoms with E-state index in [2.05, 4.69) is 10.3 Å². The Hall–Kier alpha value is -3.30. The quantitative estimate of drug-likeness (QED) is 0.358. The Labute approximate surface area is 172 Å². The average molecular weight is 431 g/mol. The third kappa shape index (κ3) is 3.96. The molecule has 4 aromatic rings. The molecule has 0 atom stereocenters. The van der Waals surface area contributed by atoms with Crippen molar-refractivity contribution in [1.82, 2.24) is 9.38 Å². The number of nitrogens with one attached hydrogen (secondary N) is 1. The van der Waals surface area contributed by atoms with Crippen LogP contribution in [0.3, 0.4) is 0 Å². The van der Waals surface area contributed by atoms with Crippen LogP contribution in [0.1, 0.15) is 5.69 Å². The Morgan fingerprint density at radius 2 is 2.03 bits per heavy atom. The fraction of sp³-hybridized carbons (Fsp3) is 0.0526. The molecule has 0 aliphatic heterocycles. The summed E-state index contributed by atoms with van der Waals surface area (Å²) in [4.78, 5) is 27.7. The van der Waals surface area contributed by atoms with Gasteiger partial charge in [-0.05, 0) is 24.3 Å². The number of nitro benzene ring substituents is 1. The first-order valence-electron chi connectivity index (χ1n) is 8.36. The molecule has 146 valence electrons. The third-order valence-corrected chi connectivity index (χ3v) is 5.33. The number of aromatic nitrogens is 2. The molecule has 0 aliphatic carbocycles. The second kappa shape index (κ2) is 7.61. The molecule has 0 aliphatic rings. The minimum atomic E-state index is -0.958. The molecule has 0 saturated heterocycles. The molecule has 4 rings (SSSR count). The highest BCUT2D eigenvalue weighted by Crippen LogP contribution is 2.26. The van der Waals surface area contributed by atoms with Crippen LogP contribution in [-0.2, 0) is 11.2 Å². The van der Waals surface area contributed by atoms with Gasteiger partial charge in [-0.25, -0.2) is 4.98 Å². The van der Waals surface area contributed by atoms with Crippen LogP contribution < -0.4 is 5.32 Å². The SMILES string of the molecule is O=C(Cc1csc2nc(-c3ccc(Cl)cc3)cn12)Nc1ccc(F)c([N+](=O)[O-])c1. The summed E-state index contributed by atoms with van der Waals surface area (Å²) in [5.74, 6) is -1.34. The van der Waals surface area contributed by atoms with E-state index in [0.29, 0.717) is 10.7 Å². The largest absolute Gasteiger partial charge is 0.325 e. The van der Waals surface area contributed by atoms with Gasteiger partial charge in [0.05, 0.1) is 17.0 Å². The standard InChI is InChI=1S/C19H12ClFN4O3S/c20-12-3-1-11(2-4-12)16-9-24-14(10-29-19(24)23-16)8-18(26)22-13-5-6-15(21)17(7-13)25(27)28/h1-7,9-10H,8H2,(H,22,26). The van der Waals surface area contributed by atoms with E-state index in [-0.39, 0.29) is 18.0 Å². The van der Waals surface area contributed by atoms with Crippen LogP contribution in [0.25, 0.3) is 16.2 Å². The number of hydrogen-bond donors (Lipinski definition) is 1. The normalized spacial score (nSPS) is 11.0. The summed E-state index contributed by atoms with van der Waals surface area (Å²) in [6.45, 7) is 0. The van der Waals surface area contributed by atoms with Gasteiger partial charge in [-0.2, -0.15) is 4.39 Å². The molecule has 0 saturated carbocycles. The maximum atomic E-state index is 13.4. The molecule has 1 amide bonds. The highest BCUT2D eigenvalue weighted by Gasteiger charge is 2.17. The Balaban J connectivity index is 1.53. The maximum absolute atomic E-state index is 13.4. The highest BCUT2D eigenvalue weighted by molar-refractivity contribution is 7.15. The molecule has 0 fully saturated rings. The number of carbonyl (C=O) groups excluding carboxylic acids is 1. The Morgan fingerprint density at radius 3 is 2.76 bits per heavy atom. The molecule has 2 aromatic carbocycles. The minimum absolute atomic E-state index is 0.0294. The van der Waals surface area contributed by atoms with Crippen LogP contribution in [0.2, 0.25) is 5.02 Å². The predicted octanol–water partition coefficient (Wildman–Crippen LogP) is 4.94. The van der Waals surface area contributed by atoms with E-state index in [1.54, 1.807) is 12.1 Å². The van der Waals surface area contributed by atoms with Gasteiger partial charge in [-0.3, -0.25) is 19.3 Å². The fourth-order valence-corrected chi connectivity index (χ4v) is 3.82. The zero-order chi connectivity index (χ0) is 20.5. The number of nitro groups is 1. The average Bonchev–Trinajstić information content (AvgIpc) is 3.26. The van der Waals surface area contributed by atoms with Crippen LogP contribution >= 0.6 is 22.9 Å². The van der Waals surface area contributed by atoms with Crippen molar-refractivity contribution in [3.63, 3.8) is 0 Å². The number of halogens is 2. The molecule has 10 heteroatoms. The first-order valence-corrected chi connectivity index (χ1v) is 9.61. The van der Waals surface area contributed by atoms with E-state index in [1.807, 2.05) is 28.1 Å². The lowest BCUT2D eigenvalue weighted by Gasteiger charge is -2.05. The number of anilines is 1. The number of benzene rings is 2. The van der Waals surface area contributed by atoms with Crippen molar-refractivity contribution in [1.29, 1.82) is 0 Å². The molecule has 7 nitrogen and oxygen atoms in total. The highest BCUT2D eigenvalue weighted by atomic mass is 35.5. The topological polar surface area (TPSA) is 89.5 Å². The first-order chi connectivity index (χ1) is 13.9. The molecule has 1 N–H and O–H groups in total. The van der Waals surface area contributed by atoms with Crippen molar-refractivity contribution in [2.24, 2.45) is 0 Å². The second-order valence-corrected chi connectivity index (χ2v) is 7.43. The summed E-state index contributed by atoms with van der Waals surface area (Å²) >= 11 is 7.31. The summed E-state index contributed by atoms with van der Waals surface area (Å²) in [5, 5.41) is 15.8. The first kappa shape index (κ1) is 19.0. The van der Waals surface area contributed by atoms with Gasteiger partial charge >= 0.3 is 5.69 Å². The van der Waals surface area contributed by atoms with Crippen molar-refractivity contribution in [3.8, 4) is 11.3 Å². The number of nitrogens with zero attached hydrogens (tertiary/aromatic N) is 3. The van der Waals surface area contributed by atoms with Crippen LogP contribution in [0.4, 0.5) is 15.8 Å². The van der Waals surface area contributed by atoms with Crippen LogP contribution in [0.5, 0.6) is 0 Å². The molecule has 0 unspecified atom stereocenters.